The van der Waals surface area contributed by atoms with Crippen LogP contribution in [0.25, 0.3) is 0 Å². The molecule has 4 nitrogen and oxygen atoms in total. The molecule has 2 aliphatic rings. The Bertz CT molecular complexity index is 465. The van der Waals surface area contributed by atoms with Gasteiger partial charge in [0.05, 0.1) is 12.2 Å². The number of amides is 1. The molecule has 0 aromatic carbocycles. The van der Waals surface area contributed by atoms with E-state index < -0.39 is 0 Å². The van der Waals surface area contributed by atoms with Gasteiger partial charge >= 0.3 is 0 Å². The molecule has 2 fully saturated rings. The van der Waals surface area contributed by atoms with E-state index in [0.717, 1.165) is 31.7 Å². The molecule has 2 heterocycles. The summed E-state index contributed by atoms with van der Waals surface area (Å²) in [6.07, 6.45) is 9.87. The van der Waals surface area contributed by atoms with Crippen molar-refractivity contribution >= 4 is 5.91 Å². The highest BCUT2D eigenvalue weighted by Gasteiger charge is 2.30. The molecule has 1 aliphatic heterocycles. The number of hydrogen-bond donors (Lipinski definition) is 0. The van der Waals surface area contributed by atoms with Crippen molar-refractivity contribution in [1.82, 2.24) is 9.88 Å². The van der Waals surface area contributed by atoms with Crippen LogP contribution in [0.5, 0.6) is 0 Å². The summed E-state index contributed by atoms with van der Waals surface area (Å²) in [6.45, 7) is 2.18. The van der Waals surface area contributed by atoms with Crippen LogP contribution in [-0.4, -0.2) is 35.0 Å². The van der Waals surface area contributed by atoms with E-state index in [1.54, 1.807) is 6.20 Å². The third-order valence-electron chi connectivity index (χ3n) is 4.80. The minimum atomic E-state index is -0.229. The summed E-state index contributed by atoms with van der Waals surface area (Å²) in [5.74, 6) is 0.802. The van der Waals surface area contributed by atoms with E-state index in [0.29, 0.717) is 12.5 Å². The van der Waals surface area contributed by atoms with Crippen molar-refractivity contribution in [3.05, 3.63) is 30.1 Å². The number of aromatic nitrogens is 1. The van der Waals surface area contributed by atoms with Crippen molar-refractivity contribution in [3.63, 3.8) is 0 Å². The topological polar surface area (TPSA) is 42.4 Å². The number of hydrogen-bond acceptors (Lipinski definition) is 3. The van der Waals surface area contributed by atoms with Crippen molar-refractivity contribution < 1.29 is 9.53 Å². The van der Waals surface area contributed by atoms with Crippen LogP contribution in [0.4, 0.5) is 0 Å². The molecular weight excluding hydrogens is 276 g/mol. The second-order valence-corrected chi connectivity index (χ2v) is 6.55. The van der Waals surface area contributed by atoms with Gasteiger partial charge in [0.15, 0.2) is 0 Å². The Morgan fingerprint density at radius 1 is 1.18 bits per heavy atom. The Morgan fingerprint density at radius 3 is 2.73 bits per heavy atom. The smallest absolute Gasteiger partial charge is 0.252 e. The Morgan fingerprint density at radius 2 is 2.05 bits per heavy atom. The van der Waals surface area contributed by atoms with Gasteiger partial charge < -0.3 is 9.64 Å². The molecule has 1 atom stereocenters. The zero-order chi connectivity index (χ0) is 15.2. The van der Waals surface area contributed by atoms with Gasteiger partial charge in [-0.05, 0) is 43.7 Å². The number of carbonyl (C=O) groups excluding carboxylic acids is 1. The normalized spacial score (nSPS) is 22.6. The molecule has 1 saturated carbocycles. The van der Waals surface area contributed by atoms with Crippen LogP contribution in [-0.2, 0) is 16.1 Å². The fraction of sp³-hybridized carbons (Fsp3) is 0.667. The summed E-state index contributed by atoms with van der Waals surface area (Å²) in [7, 11) is 0. The standard InChI is InChI=1S/C18H26N2O2/c21-18(17-10-6-12-22-17)20(13-15-7-2-1-3-8-15)14-16-9-4-5-11-19-16/h4-5,9,11,15,17H,1-3,6-8,10,12-14H2/t17-/m1/s1. The van der Waals surface area contributed by atoms with Crippen LogP contribution >= 0.6 is 0 Å². The van der Waals surface area contributed by atoms with Gasteiger partial charge in [0.25, 0.3) is 5.91 Å². The first-order valence-electron chi connectivity index (χ1n) is 8.63. The summed E-state index contributed by atoms with van der Waals surface area (Å²) in [6, 6.07) is 5.89. The molecule has 4 heteroatoms. The number of nitrogens with zero attached hydrogens (tertiary/aromatic N) is 2. The molecule has 3 rings (SSSR count). The predicted molar refractivity (Wildman–Crippen MR) is 85.2 cm³/mol. The summed E-state index contributed by atoms with van der Waals surface area (Å²) < 4.78 is 5.61. The first kappa shape index (κ1) is 15.5. The SMILES string of the molecule is O=C([C@H]1CCCO1)N(Cc1ccccn1)CC1CCCCC1. The van der Waals surface area contributed by atoms with Crippen molar-refractivity contribution in [2.75, 3.05) is 13.2 Å². The lowest BCUT2D eigenvalue weighted by molar-refractivity contribution is -0.142. The highest BCUT2D eigenvalue weighted by Crippen LogP contribution is 2.26. The molecule has 1 aromatic rings. The van der Waals surface area contributed by atoms with E-state index in [1.807, 2.05) is 23.1 Å². The summed E-state index contributed by atoms with van der Waals surface area (Å²) in [5.41, 5.74) is 0.963. The van der Waals surface area contributed by atoms with Gasteiger partial charge in [0.2, 0.25) is 0 Å². The second kappa shape index (κ2) is 7.73. The fourth-order valence-electron chi connectivity index (χ4n) is 3.58. The van der Waals surface area contributed by atoms with Crippen LogP contribution in [0.15, 0.2) is 24.4 Å². The van der Waals surface area contributed by atoms with Crippen LogP contribution in [0.1, 0.15) is 50.6 Å². The molecule has 0 spiro atoms. The first-order chi connectivity index (χ1) is 10.8. The van der Waals surface area contributed by atoms with E-state index in [-0.39, 0.29) is 12.0 Å². The molecule has 120 valence electrons. The van der Waals surface area contributed by atoms with Gasteiger partial charge in [-0.2, -0.15) is 0 Å². The van der Waals surface area contributed by atoms with Crippen LogP contribution in [0.2, 0.25) is 0 Å². The number of rotatable bonds is 5. The maximum atomic E-state index is 12.8. The van der Waals surface area contributed by atoms with Crippen molar-refractivity contribution in [1.29, 1.82) is 0 Å². The van der Waals surface area contributed by atoms with Crippen molar-refractivity contribution in [2.45, 2.75) is 57.6 Å². The highest BCUT2D eigenvalue weighted by molar-refractivity contribution is 5.81. The highest BCUT2D eigenvalue weighted by atomic mass is 16.5. The quantitative estimate of drug-likeness (QED) is 0.839. The van der Waals surface area contributed by atoms with Gasteiger partial charge in [-0.3, -0.25) is 9.78 Å². The lowest BCUT2D eigenvalue weighted by Gasteiger charge is -2.31. The lowest BCUT2D eigenvalue weighted by Crippen LogP contribution is -2.41. The van der Waals surface area contributed by atoms with Crippen molar-refractivity contribution in [2.24, 2.45) is 5.92 Å². The Labute approximate surface area is 132 Å². The van der Waals surface area contributed by atoms with E-state index in [1.165, 1.54) is 32.1 Å². The van der Waals surface area contributed by atoms with Crippen LogP contribution < -0.4 is 0 Å². The third-order valence-corrected chi connectivity index (χ3v) is 4.80. The van der Waals surface area contributed by atoms with E-state index in [4.69, 9.17) is 4.74 Å². The zero-order valence-corrected chi connectivity index (χ0v) is 13.2. The molecule has 0 unspecified atom stereocenters. The van der Waals surface area contributed by atoms with Crippen LogP contribution in [0.3, 0.4) is 0 Å². The monoisotopic (exact) mass is 302 g/mol. The molecule has 1 aliphatic carbocycles. The summed E-state index contributed by atoms with van der Waals surface area (Å²) in [5, 5.41) is 0. The van der Waals surface area contributed by atoms with E-state index >= 15 is 0 Å². The predicted octanol–water partition coefficient (Wildman–Crippen LogP) is 3.17. The molecular formula is C18H26N2O2. The summed E-state index contributed by atoms with van der Waals surface area (Å²) in [4.78, 5) is 19.2. The Hall–Kier alpha value is -1.42. The summed E-state index contributed by atoms with van der Waals surface area (Å²) >= 11 is 0. The largest absolute Gasteiger partial charge is 0.368 e. The second-order valence-electron chi connectivity index (χ2n) is 6.55. The van der Waals surface area contributed by atoms with Gasteiger partial charge in [-0.1, -0.05) is 25.3 Å². The number of ether oxygens (including phenoxy) is 1. The van der Waals surface area contributed by atoms with Gasteiger partial charge in [0, 0.05) is 19.3 Å². The average Bonchev–Trinajstić information content (AvgIpc) is 3.10. The maximum Gasteiger partial charge on any atom is 0.252 e. The zero-order valence-electron chi connectivity index (χ0n) is 13.2. The minimum absolute atomic E-state index is 0.161. The number of pyridine rings is 1. The van der Waals surface area contributed by atoms with Gasteiger partial charge in [-0.25, -0.2) is 0 Å². The minimum Gasteiger partial charge on any atom is -0.368 e. The average molecular weight is 302 g/mol. The molecule has 0 N–H and O–H groups in total. The van der Waals surface area contributed by atoms with Crippen LogP contribution in [0, 0.1) is 5.92 Å². The third kappa shape index (κ3) is 4.07. The van der Waals surface area contributed by atoms with Gasteiger partial charge in [-0.15, -0.1) is 0 Å². The molecule has 0 radical (unpaired) electrons. The maximum absolute atomic E-state index is 12.8. The van der Waals surface area contributed by atoms with E-state index in [2.05, 4.69) is 4.98 Å². The molecule has 1 saturated heterocycles. The molecule has 22 heavy (non-hydrogen) atoms. The van der Waals surface area contributed by atoms with Gasteiger partial charge in [0.1, 0.15) is 6.10 Å². The molecule has 1 amide bonds. The molecule has 1 aromatic heterocycles. The van der Waals surface area contributed by atoms with E-state index in [9.17, 15) is 4.79 Å². The number of carbonyl (C=O) groups is 1. The first-order valence-corrected chi connectivity index (χ1v) is 8.63. The Balaban J connectivity index is 1.67. The van der Waals surface area contributed by atoms with Crippen molar-refractivity contribution in [3.8, 4) is 0 Å². The molecule has 0 bridgehead atoms. The fourth-order valence-corrected chi connectivity index (χ4v) is 3.58. The Kier molecular flexibility index (Phi) is 5.43. The lowest BCUT2D eigenvalue weighted by atomic mass is 9.89.